The number of rotatable bonds is 2. The Morgan fingerprint density at radius 3 is 2.73 bits per heavy atom. The Kier molecular flexibility index (Phi) is 2.87. The molecule has 0 aromatic carbocycles. The van der Waals surface area contributed by atoms with Crippen molar-refractivity contribution in [1.82, 2.24) is 9.97 Å². The highest BCUT2D eigenvalue weighted by atomic mass is 32.1. The molecule has 0 aliphatic heterocycles. The molecule has 0 unspecified atom stereocenters. The van der Waals surface area contributed by atoms with E-state index in [0.29, 0.717) is 4.88 Å². The molecule has 0 spiro atoms. The fraction of sp³-hybridized carbons (Fsp3) is 0. The van der Waals surface area contributed by atoms with E-state index in [-0.39, 0.29) is 5.83 Å². The lowest BCUT2D eigenvalue weighted by Crippen LogP contribution is -1.78. The molecule has 0 N–H and O–H groups in total. The van der Waals surface area contributed by atoms with Gasteiger partial charge in [-0.05, 0) is 30.0 Å². The van der Waals surface area contributed by atoms with Gasteiger partial charge < -0.3 is 0 Å². The van der Waals surface area contributed by atoms with Gasteiger partial charge in [0.05, 0.1) is 4.88 Å². The van der Waals surface area contributed by atoms with E-state index in [9.17, 15) is 4.39 Å². The molecule has 2 nitrogen and oxygen atoms in total. The summed E-state index contributed by atoms with van der Waals surface area (Å²) in [6, 6.07) is 1.76. The number of thiophene rings is 1. The number of aromatic nitrogens is 2. The van der Waals surface area contributed by atoms with Gasteiger partial charge in [0.2, 0.25) is 0 Å². The van der Waals surface area contributed by atoms with Crippen molar-refractivity contribution < 1.29 is 4.39 Å². The molecule has 0 saturated heterocycles. The maximum atomic E-state index is 13.2. The highest BCUT2D eigenvalue weighted by molar-refractivity contribution is 7.11. The summed E-state index contributed by atoms with van der Waals surface area (Å²) < 4.78 is 13.2. The van der Waals surface area contributed by atoms with E-state index in [2.05, 4.69) is 16.9 Å². The number of nitrogens with zero attached hydrogens (tertiary/aromatic N) is 2. The summed E-state index contributed by atoms with van der Waals surface area (Å²) in [4.78, 5) is 8.39. The number of hydrogen-bond acceptors (Lipinski definition) is 3. The van der Waals surface area contributed by atoms with Crippen LogP contribution in [0.4, 0.5) is 4.39 Å². The number of hydrogen-bond donors (Lipinski definition) is 0. The lowest BCUT2D eigenvalue weighted by atomic mass is 10.2. The van der Waals surface area contributed by atoms with Gasteiger partial charge in [-0.3, -0.25) is 0 Å². The third kappa shape index (κ3) is 2.10. The van der Waals surface area contributed by atoms with Gasteiger partial charge >= 0.3 is 0 Å². The minimum atomic E-state index is -0.303. The molecule has 15 heavy (non-hydrogen) atoms. The Hall–Kier alpha value is -1.55. The molecule has 0 amide bonds. The van der Waals surface area contributed by atoms with Crippen molar-refractivity contribution in [2.45, 2.75) is 0 Å². The van der Waals surface area contributed by atoms with Gasteiger partial charge in [0, 0.05) is 18.0 Å². The highest BCUT2D eigenvalue weighted by Crippen LogP contribution is 2.29. The van der Waals surface area contributed by atoms with E-state index in [1.807, 2.05) is 5.38 Å². The molecule has 0 bridgehead atoms. The van der Waals surface area contributed by atoms with Gasteiger partial charge in [-0.25, -0.2) is 14.4 Å². The van der Waals surface area contributed by atoms with Crippen molar-refractivity contribution in [1.29, 1.82) is 0 Å². The molecular formula is C11H8FN2S. The zero-order chi connectivity index (χ0) is 10.7. The summed E-state index contributed by atoms with van der Waals surface area (Å²) in [7, 11) is 0. The second kappa shape index (κ2) is 4.31. The summed E-state index contributed by atoms with van der Waals surface area (Å²) in [6.45, 7) is 3.39. The molecule has 2 rings (SSSR count). The Morgan fingerprint density at radius 1 is 1.33 bits per heavy atom. The first-order valence-corrected chi connectivity index (χ1v) is 5.18. The second-order valence-electron chi connectivity index (χ2n) is 2.88. The molecule has 0 saturated carbocycles. The van der Waals surface area contributed by atoms with E-state index in [0.717, 1.165) is 11.1 Å². The molecule has 75 valence electrons. The van der Waals surface area contributed by atoms with Crippen molar-refractivity contribution in [3.63, 3.8) is 0 Å². The van der Waals surface area contributed by atoms with E-state index in [1.54, 1.807) is 18.5 Å². The second-order valence-corrected chi connectivity index (χ2v) is 3.79. The zero-order valence-electron chi connectivity index (χ0n) is 7.85. The Balaban J connectivity index is 2.36. The molecule has 0 fully saturated rings. The summed E-state index contributed by atoms with van der Waals surface area (Å²) in [6.07, 6.45) is 6.07. The minimum Gasteiger partial charge on any atom is -0.244 e. The van der Waals surface area contributed by atoms with Crippen LogP contribution in [0.5, 0.6) is 0 Å². The van der Waals surface area contributed by atoms with Crippen LogP contribution in [0, 0.1) is 6.92 Å². The van der Waals surface area contributed by atoms with Crippen LogP contribution in [-0.4, -0.2) is 9.97 Å². The van der Waals surface area contributed by atoms with Crippen molar-refractivity contribution in [3.05, 3.63) is 48.0 Å². The first-order chi connectivity index (χ1) is 7.31. The summed E-state index contributed by atoms with van der Waals surface area (Å²) in [5.41, 5.74) is 1.81. The Bertz CT molecular complexity index is 476. The number of halogens is 1. The zero-order valence-corrected chi connectivity index (χ0v) is 8.67. The molecule has 2 aromatic heterocycles. The molecular weight excluding hydrogens is 211 g/mol. The van der Waals surface area contributed by atoms with Gasteiger partial charge in [0.15, 0.2) is 0 Å². The van der Waals surface area contributed by atoms with Crippen LogP contribution in [0.15, 0.2) is 36.2 Å². The summed E-state index contributed by atoms with van der Waals surface area (Å²) >= 11 is 1.34. The van der Waals surface area contributed by atoms with Gasteiger partial charge in [-0.15, -0.1) is 11.3 Å². The maximum Gasteiger partial charge on any atom is 0.136 e. The molecule has 1 radical (unpaired) electrons. The van der Waals surface area contributed by atoms with Gasteiger partial charge in [0.25, 0.3) is 0 Å². The average molecular weight is 219 g/mol. The van der Waals surface area contributed by atoms with Crippen molar-refractivity contribution >= 4 is 17.2 Å². The van der Waals surface area contributed by atoms with E-state index in [1.165, 1.54) is 23.7 Å². The minimum absolute atomic E-state index is 0.303. The van der Waals surface area contributed by atoms with Crippen LogP contribution in [0.25, 0.3) is 17.0 Å². The third-order valence-electron chi connectivity index (χ3n) is 1.91. The van der Waals surface area contributed by atoms with E-state index < -0.39 is 0 Å². The smallest absolute Gasteiger partial charge is 0.136 e. The molecule has 0 atom stereocenters. The van der Waals surface area contributed by atoms with Crippen molar-refractivity contribution in [2.24, 2.45) is 0 Å². The third-order valence-corrected chi connectivity index (χ3v) is 2.85. The predicted molar refractivity (Wildman–Crippen MR) is 59.8 cm³/mol. The monoisotopic (exact) mass is 219 g/mol. The first kappa shape index (κ1) is 9.98. The van der Waals surface area contributed by atoms with Crippen LogP contribution < -0.4 is 0 Å². The summed E-state index contributed by atoms with van der Waals surface area (Å²) in [5.74, 6) is -0.303. The molecule has 0 aliphatic rings. The van der Waals surface area contributed by atoms with Crippen LogP contribution in [-0.2, 0) is 0 Å². The topological polar surface area (TPSA) is 25.8 Å². The molecule has 2 heterocycles. The standard InChI is InChI=1S/C11H8FN2S/c1-2-10(12)11-3-8(6-15-11)9-4-13-7-14-5-9/h2-7H,1H2/b10-2+. The molecule has 4 heteroatoms. The Labute approximate surface area is 91.1 Å². The van der Waals surface area contributed by atoms with E-state index in [4.69, 9.17) is 0 Å². The van der Waals surface area contributed by atoms with Gasteiger partial charge in [0.1, 0.15) is 12.2 Å². The number of allylic oxidation sites excluding steroid dienone is 1. The van der Waals surface area contributed by atoms with Crippen molar-refractivity contribution in [3.8, 4) is 11.1 Å². The van der Waals surface area contributed by atoms with Crippen molar-refractivity contribution in [2.75, 3.05) is 0 Å². The molecule has 2 aromatic rings. The van der Waals surface area contributed by atoms with Crippen LogP contribution in [0.1, 0.15) is 4.88 Å². The predicted octanol–water partition coefficient (Wildman–Crippen LogP) is 3.35. The summed E-state index contributed by atoms with van der Waals surface area (Å²) in [5, 5.41) is 1.87. The largest absolute Gasteiger partial charge is 0.244 e. The highest BCUT2D eigenvalue weighted by Gasteiger charge is 2.05. The normalized spacial score (nSPS) is 11.7. The quantitative estimate of drug-likeness (QED) is 0.774. The van der Waals surface area contributed by atoms with Crippen LogP contribution in [0.2, 0.25) is 0 Å². The lowest BCUT2D eigenvalue weighted by Gasteiger charge is -1.93. The van der Waals surface area contributed by atoms with Crippen LogP contribution in [0.3, 0.4) is 0 Å². The fourth-order valence-electron chi connectivity index (χ4n) is 1.16. The maximum absolute atomic E-state index is 13.2. The first-order valence-electron chi connectivity index (χ1n) is 4.30. The fourth-order valence-corrected chi connectivity index (χ4v) is 2.01. The SMILES string of the molecule is [CH2]/C=C(/F)c1cc(-c2cncnc2)cs1. The van der Waals surface area contributed by atoms with E-state index >= 15 is 0 Å². The van der Waals surface area contributed by atoms with Crippen LogP contribution >= 0.6 is 11.3 Å². The molecule has 0 aliphatic carbocycles. The lowest BCUT2D eigenvalue weighted by molar-refractivity contribution is 0.764. The van der Waals surface area contributed by atoms with Gasteiger partial charge in [-0.1, -0.05) is 0 Å². The Morgan fingerprint density at radius 2 is 2.07 bits per heavy atom. The van der Waals surface area contributed by atoms with Gasteiger partial charge in [-0.2, -0.15) is 0 Å². The average Bonchev–Trinajstić information content (AvgIpc) is 2.78.